The van der Waals surface area contributed by atoms with Gasteiger partial charge >= 0.3 is 6.18 Å². The zero-order valence-corrected chi connectivity index (χ0v) is 17.9. The van der Waals surface area contributed by atoms with Gasteiger partial charge in [-0.05, 0) is 45.8 Å². The number of hydrazone groups is 1. The quantitative estimate of drug-likeness (QED) is 0.213. The van der Waals surface area contributed by atoms with E-state index in [0.717, 1.165) is 39.2 Å². The van der Waals surface area contributed by atoms with Crippen molar-refractivity contribution in [2.45, 2.75) is 19.0 Å². The lowest BCUT2D eigenvalue weighted by atomic mass is 9.97. The van der Waals surface area contributed by atoms with Crippen molar-refractivity contribution in [2.24, 2.45) is 5.10 Å². The second-order valence-electron chi connectivity index (χ2n) is 7.65. The van der Waals surface area contributed by atoms with E-state index in [1.165, 1.54) is 12.1 Å². The van der Waals surface area contributed by atoms with E-state index in [1.54, 1.807) is 6.21 Å². The molecule has 0 radical (unpaired) electrons. The maximum absolute atomic E-state index is 12.8. The standard InChI is InChI=1S/C26H20F3N3O2/c27-26(28,29)19-8-5-9-20(15-19)31-24(33)12-13-25(34)32-30-16-23-21-10-3-1-6-17(21)14-18-7-2-4-11-22(18)23/h1-11,14-16H,12-13H2,(H,31,33)(H,32,34). The first-order valence-electron chi connectivity index (χ1n) is 10.5. The van der Waals surface area contributed by atoms with Crippen LogP contribution in [0.1, 0.15) is 24.0 Å². The number of alkyl halides is 3. The fourth-order valence-electron chi connectivity index (χ4n) is 3.64. The van der Waals surface area contributed by atoms with Crippen LogP contribution in [0, 0.1) is 0 Å². The summed E-state index contributed by atoms with van der Waals surface area (Å²) in [5.41, 5.74) is 2.42. The van der Waals surface area contributed by atoms with Crippen molar-refractivity contribution in [3.8, 4) is 0 Å². The van der Waals surface area contributed by atoms with Crippen molar-refractivity contribution in [3.05, 3.63) is 90.0 Å². The van der Waals surface area contributed by atoms with E-state index in [1.807, 2.05) is 48.5 Å². The first-order valence-corrected chi connectivity index (χ1v) is 10.5. The summed E-state index contributed by atoms with van der Waals surface area (Å²) < 4.78 is 38.4. The number of carbonyl (C=O) groups excluding carboxylic acids is 2. The minimum absolute atomic E-state index is 0.0149. The van der Waals surface area contributed by atoms with Crippen LogP contribution in [-0.2, 0) is 15.8 Å². The van der Waals surface area contributed by atoms with Gasteiger partial charge in [-0.3, -0.25) is 9.59 Å². The fraction of sp³-hybridized carbons (Fsp3) is 0.115. The van der Waals surface area contributed by atoms with Gasteiger partial charge in [-0.15, -0.1) is 0 Å². The highest BCUT2D eigenvalue weighted by atomic mass is 19.4. The summed E-state index contributed by atoms with van der Waals surface area (Å²) in [6, 6.07) is 22.1. The Morgan fingerprint density at radius 2 is 1.41 bits per heavy atom. The number of nitrogens with one attached hydrogen (secondary N) is 2. The zero-order chi connectivity index (χ0) is 24.1. The van der Waals surface area contributed by atoms with Crippen molar-refractivity contribution >= 4 is 45.3 Å². The second kappa shape index (κ2) is 9.74. The average molecular weight is 463 g/mol. The van der Waals surface area contributed by atoms with Gasteiger partial charge in [0.25, 0.3) is 0 Å². The molecule has 5 nitrogen and oxygen atoms in total. The lowest BCUT2D eigenvalue weighted by Crippen LogP contribution is -2.20. The Labute approximate surface area is 193 Å². The Kier molecular flexibility index (Phi) is 6.58. The van der Waals surface area contributed by atoms with Gasteiger partial charge in [-0.25, -0.2) is 5.43 Å². The number of hydrogen-bond acceptors (Lipinski definition) is 3. The fourth-order valence-corrected chi connectivity index (χ4v) is 3.64. The molecule has 0 fully saturated rings. The molecule has 4 aromatic rings. The van der Waals surface area contributed by atoms with E-state index >= 15 is 0 Å². The SMILES string of the molecule is O=C(CCC(=O)Nc1cccc(C(F)(F)F)c1)NN=Cc1c2ccccc2cc2ccccc12. The zero-order valence-electron chi connectivity index (χ0n) is 17.9. The average Bonchev–Trinajstić information content (AvgIpc) is 2.82. The normalized spacial score (nSPS) is 11.7. The van der Waals surface area contributed by atoms with E-state index in [0.29, 0.717) is 0 Å². The third kappa shape index (κ3) is 5.40. The number of benzene rings is 4. The molecule has 34 heavy (non-hydrogen) atoms. The first kappa shape index (κ1) is 23.0. The van der Waals surface area contributed by atoms with Gasteiger partial charge in [0.05, 0.1) is 11.8 Å². The molecule has 172 valence electrons. The van der Waals surface area contributed by atoms with Gasteiger partial charge < -0.3 is 5.32 Å². The molecule has 0 aliphatic carbocycles. The summed E-state index contributed by atoms with van der Waals surface area (Å²) in [6.45, 7) is 0. The lowest BCUT2D eigenvalue weighted by molar-refractivity contribution is -0.137. The van der Waals surface area contributed by atoms with E-state index < -0.39 is 23.6 Å². The molecule has 0 saturated heterocycles. The number of anilines is 1. The molecular formula is C26H20F3N3O2. The number of carbonyl (C=O) groups is 2. The highest BCUT2D eigenvalue weighted by Crippen LogP contribution is 2.30. The number of fused-ring (bicyclic) bond motifs is 2. The third-order valence-corrected chi connectivity index (χ3v) is 5.25. The molecule has 0 aliphatic rings. The Morgan fingerprint density at radius 1 is 0.794 bits per heavy atom. The van der Waals surface area contributed by atoms with Gasteiger partial charge in [-0.2, -0.15) is 18.3 Å². The molecule has 0 heterocycles. The molecule has 0 spiro atoms. The van der Waals surface area contributed by atoms with E-state index in [2.05, 4.69) is 21.9 Å². The Balaban J connectivity index is 1.38. The van der Waals surface area contributed by atoms with Crippen LogP contribution in [0.15, 0.2) is 84.0 Å². The molecule has 0 aromatic heterocycles. The van der Waals surface area contributed by atoms with Crippen molar-refractivity contribution in [3.63, 3.8) is 0 Å². The highest BCUT2D eigenvalue weighted by Gasteiger charge is 2.30. The third-order valence-electron chi connectivity index (χ3n) is 5.25. The van der Waals surface area contributed by atoms with Gasteiger partial charge in [0.15, 0.2) is 0 Å². The van der Waals surface area contributed by atoms with Crippen LogP contribution in [-0.4, -0.2) is 18.0 Å². The molecular weight excluding hydrogens is 443 g/mol. The summed E-state index contributed by atoms with van der Waals surface area (Å²) in [5, 5.41) is 10.5. The molecule has 4 rings (SSSR count). The highest BCUT2D eigenvalue weighted by molar-refractivity contribution is 6.13. The van der Waals surface area contributed by atoms with Gasteiger partial charge in [-0.1, -0.05) is 54.6 Å². The largest absolute Gasteiger partial charge is 0.416 e. The van der Waals surface area contributed by atoms with Crippen LogP contribution in [0.3, 0.4) is 0 Å². The van der Waals surface area contributed by atoms with Crippen molar-refractivity contribution < 1.29 is 22.8 Å². The predicted molar refractivity (Wildman–Crippen MR) is 126 cm³/mol. The lowest BCUT2D eigenvalue weighted by Gasteiger charge is -2.09. The van der Waals surface area contributed by atoms with Crippen LogP contribution in [0.2, 0.25) is 0 Å². The van der Waals surface area contributed by atoms with Crippen LogP contribution in [0.25, 0.3) is 21.5 Å². The smallest absolute Gasteiger partial charge is 0.326 e. The summed E-state index contributed by atoms with van der Waals surface area (Å²) in [5.74, 6) is -1.06. The molecule has 2 N–H and O–H groups in total. The van der Waals surface area contributed by atoms with E-state index in [-0.39, 0.29) is 18.5 Å². The van der Waals surface area contributed by atoms with E-state index in [4.69, 9.17) is 0 Å². The number of amides is 2. The number of halogens is 3. The molecule has 8 heteroatoms. The molecule has 0 unspecified atom stereocenters. The summed E-state index contributed by atoms with van der Waals surface area (Å²) in [6.07, 6.45) is -3.30. The molecule has 0 bridgehead atoms. The molecule has 2 amide bonds. The molecule has 0 atom stereocenters. The van der Waals surface area contributed by atoms with Gasteiger partial charge in [0, 0.05) is 24.1 Å². The number of nitrogens with zero attached hydrogens (tertiary/aromatic N) is 1. The predicted octanol–water partition coefficient (Wildman–Crippen LogP) is 5.88. The van der Waals surface area contributed by atoms with Gasteiger partial charge in [0.1, 0.15) is 0 Å². The first-order chi connectivity index (χ1) is 16.3. The Morgan fingerprint density at radius 3 is 2.06 bits per heavy atom. The summed E-state index contributed by atoms with van der Waals surface area (Å²) >= 11 is 0. The number of hydrogen-bond donors (Lipinski definition) is 2. The van der Waals surface area contributed by atoms with Crippen LogP contribution >= 0.6 is 0 Å². The van der Waals surface area contributed by atoms with Crippen molar-refractivity contribution in [1.82, 2.24) is 5.43 Å². The monoisotopic (exact) mass is 463 g/mol. The Hall–Kier alpha value is -4.20. The van der Waals surface area contributed by atoms with Crippen molar-refractivity contribution in [2.75, 3.05) is 5.32 Å². The van der Waals surface area contributed by atoms with Crippen LogP contribution < -0.4 is 10.7 Å². The maximum Gasteiger partial charge on any atom is 0.416 e. The van der Waals surface area contributed by atoms with Crippen molar-refractivity contribution in [1.29, 1.82) is 0 Å². The maximum atomic E-state index is 12.8. The van der Waals surface area contributed by atoms with Crippen LogP contribution in [0.4, 0.5) is 18.9 Å². The Bertz CT molecular complexity index is 1340. The molecule has 0 aliphatic heterocycles. The summed E-state index contributed by atoms with van der Waals surface area (Å²) in [7, 11) is 0. The number of rotatable bonds is 6. The topological polar surface area (TPSA) is 70.6 Å². The van der Waals surface area contributed by atoms with E-state index in [9.17, 15) is 22.8 Å². The second-order valence-corrected chi connectivity index (χ2v) is 7.65. The van der Waals surface area contributed by atoms with Crippen LogP contribution in [0.5, 0.6) is 0 Å². The summed E-state index contributed by atoms with van der Waals surface area (Å²) in [4.78, 5) is 24.2. The minimum Gasteiger partial charge on any atom is -0.326 e. The molecule has 0 saturated carbocycles. The molecule has 4 aromatic carbocycles. The minimum atomic E-state index is -4.51. The van der Waals surface area contributed by atoms with Gasteiger partial charge in [0.2, 0.25) is 11.8 Å².